The van der Waals surface area contributed by atoms with Crippen molar-refractivity contribution < 1.29 is 9.59 Å². The highest BCUT2D eigenvalue weighted by Gasteiger charge is 2.23. The predicted molar refractivity (Wildman–Crippen MR) is 133 cm³/mol. The van der Waals surface area contributed by atoms with Gasteiger partial charge in [0.1, 0.15) is 12.0 Å². The van der Waals surface area contributed by atoms with Gasteiger partial charge in [-0.1, -0.05) is 72.8 Å². The van der Waals surface area contributed by atoms with E-state index in [2.05, 4.69) is 26.1 Å². The molecule has 0 radical (unpaired) electrons. The highest BCUT2D eigenvalue weighted by atomic mass is 16.2. The molecule has 170 valence electrons. The van der Waals surface area contributed by atoms with Gasteiger partial charge in [0.25, 0.3) is 0 Å². The summed E-state index contributed by atoms with van der Waals surface area (Å²) in [6.45, 7) is 1.50. The Morgan fingerprint density at radius 3 is 2.06 bits per heavy atom. The highest BCUT2D eigenvalue weighted by molar-refractivity contribution is 5.95. The van der Waals surface area contributed by atoms with Crippen LogP contribution in [0.2, 0.25) is 0 Å². The van der Waals surface area contributed by atoms with Gasteiger partial charge in [0, 0.05) is 11.3 Å². The summed E-state index contributed by atoms with van der Waals surface area (Å²) in [7, 11) is 0. The van der Waals surface area contributed by atoms with Gasteiger partial charge < -0.3 is 11.1 Å². The molecule has 0 saturated heterocycles. The van der Waals surface area contributed by atoms with Gasteiger partial charge in [-0.05, 0) is 30.2 Å². The van der Waals surface area contributed by atoms with Crippen LogP contribution in [0.1, 0.15) is 34.3 Å². The highest BCUT2D eigenvalue weighted by Crippen LogP contribution is 2.27. The maximum atomic E-state index is 13.2. The predicted octanol–water partition coefficient (Wildman–Crippen LogP) is 4.28. The monoisotopic (exact) mass is 452 g/mol. The molecule has 34 heavy (non-hydrogen) atoms. The minimum Gasteiger partial charge on any atom is -0.393 e. The first-order valence-electron chi connectivity index (χ1n) is 10.7. The van der Waals surface area contributed by atoms with Gasteiger partial charge in [-0.3, -0.25) is 20.4 Å². The Morgan fingerprint density at radius 2 is 1.44 bits per heavy atom. The molecule has 0 spiro atoms. The summed E-state index contributed by atoms with van der Waals surface area (Å²) < 4.78 is 0. The second-order valence-electron chi connectivity index (χ2n) is 7.62. The average Bonchev–Trinajstić information content (AvgIpc) is 2.86. The number of anilines is 4. The summed E-state index contributed by atoms with van der Waals surface area (Å²) in [5.41, 5.74) is 14.9. The Balaban J connectivity index is 1.52. The fraction of sp³-hybridized carbons (Fsp3) is 0.0769. The minimum atomic E-state index is -0.523. The van der Waals surface area contributed by atoms with E-state index in [1.54, 1.807) is 24.3 Å². The SMILES string of the molecule is CC(=O)c1cccc(Nc2ncnc(NNC(=O)C(c3ccccc3)c3ccccc3)c2N)c1. The van der Waals surface area contributed by atoms with E-state index in [9.17, 15) is 9.59 Å². The molecule has 1 aromatic heterocycles. The first kappa shape index (κ1) is 22.5. The number of nitrogen functional groups attached to an aromatic ring is 1. The third-order valence-electron chi connectivity index (χ3n) is 5.25. The fourth-order valence-corrected chi connectivity index (χ4v) is 3.53. The number of carbonyl (C=O) groups excluding carboxylic acids is 2. The summed E-state index contributed by atoms with van der Waals surface area (Å²) in [5.74, 6) is -0.247. The molecule has 1 heterocycles. The smallest absolute Gasteiger partial charge is 0.250 e. The molecule has 0 atom stereocenters. The molecule has 4 rings (SSSR count). The average molecular weight is 453 g/mol. The number of nitrogens with one attached hydrogen (secondary N) is 3. The number of nitrogens with two attached hydrogens (primary N) is 1. The van der Waals surface area contributed by atoms with E-state index >= 15 is 0 Å². The molecule has 0 bridgehead atoms. The van der Waals surface area contributed by atoms with E-state index in [0.29, 0.717) is 17.1 Å². The van der Waals surface area contributed by atoms with Crippen molar-refractivity contribution in [1.29, 1.82) is 0 Å². The van der Waals surface area contributed by atoms with Gasteiger partial charge in [-0.2, -0.15) is 0 Å². The van der Waals surface area contributed by atoms with E-state index in [1.165, 1.54) is 13.3 Å². The normalized spacial score (nSPS) is 10.5. The van der Waals surface area contributed by atoms with Gasteiger partial charge in [0.2, 0.25) is 5.91 Å². The molecule has 0 saturated carbocycles. The van der Waals surface area contributed by atoms with E-state index < -0.39 is 5.92 Å². The van der Waals surface area contributed by atoms with Crippen molar-refractivity contribution in [1.82, 2.24) is 15.4 Å². The second-order valence-corrected chi connectivity index (χ2v) is 7.62. The van der Waals surface area contributed by atoms with Crippen molar-refractivity contribution in [3.63, 3.8) is 0 Å². The molecule has 3 aromatic carbocycles. The van der Waals surface area contributed by atoms with Gasteiger partial charge in [-0.15, -0.1) is 0 Å². The Bertz CT molecular complexity index is 1260. The summed E-state index contributed by atoms with van der Waals surface area (Å²) in [6, 6.07) is 26.0. The lowest BCUT2D eigenvalue weighted by atomic mass is 9.91. The zero-order valence-electron chi connectivity index (χ0n) is 18.5. The van der Waals surface area contributed by atoms with Gasteiger partial charge >= 0.3 is 0 Å². The molecule has 4 aromatic rings. The van der Waals surface area contributed by atoms with Crippen molar-refractivity contribution >= 4 is 34.7 Å². The number of hydrogen-bond acceptors (Lipinski definition) is 7. The number of Topliss-reactive ketones (excluding diaryl/α,β-unsaturated/α-hetero) is 1. The number of aromatic nitrogens is 2. The second kappa shape index (κ2) is 10.3. The van der Waals surface area contributed by atoms with Crippen LogP contribution in [-0.4, -0.2) is 21.7 Å². The van der Waals surface area contributed by atoms with Crippen LogP contribution in [0.15, 0.2) is 91.3 Å². The maximum absolute atomic E-state index is 13.2. The first-order chi connectivity index (χ1) is 16.5. The lowest BCUT2D eigenvalue weighted by Gasteiger charge is -2.19. The van der Waals surface area contributed by atoms with Gasteiger partial charge in [0.15, 0.2) is 17.4 Å². The van der Waals surface area contributed by atoms with Crippen LogP contribution < -0.4 is 21.9 Å². The Morgan fingerprint density at radius 1 is 0.824 bits per heavy atom. The quantitative estimate of drug-likeness (QED) is 0.232. The topological polar surface area (TPSA) is 122 Å². The number of rotatable bonds is 8. The summed E-state index contributed by atoms with van der Waals surface area (Å²) in [5, 5.41) is 3.09. The number of carbonyl (C=O) groups is 2. The molecule has 0 aliphatic heterocycles. The number of benzene rings is 3. The number of nitrogens with zero attached hydrogens (tertiary/aromatic N) is 2. The van der Waals surface area contributed by atoms with E-state index in [1.807, 2.05) is 60.7 Å². The van der Waals surface area contributed by atoms with Crippen molar-refractivity contribution in [2.24, 2.45) is 0 Å². The summed E-state index contributed by atoms with van der Waals surface area (Å²) >= 11 is 0. The van der Waals surface area contributed by atoms with Crippen LogP contribution in [0.25, 0.3) is 0 Å². The van der Waals surface area contributed by atoms with E-state index in [4.69, 9.17) is 5.73 Å². The molecule has 1 amide bonds. The molecule has 8 nitrogen and oxygen atoms in total. The van der Waals surface area contributed by atoms with Crippen LogP contribution in [0.5, 0.6) is 0 Å². The molecular weight excluding hydrogens is 428 g/mol. The molecular formula is C26H24N6O2. The largest absolute Gasteiger partial charge is 0.393 e. The van der Waals surface area contributed by atoms with Crippen LogP contribution in [0.3, 0.4) is 0 Å². The zero-order valence-corrected chi connectivity index (χ0v) is 18.5. The summed E-state index contributed by atoms with van der Waals surface area (Å²) in [4.78, 5) is 33.2. The summed E-state index contributed by atoms with van der Waals surface area (Å²) in [6.07, 6.45) is 1.33. The number of hydrazine groups is 1. The van der Waals surface area contributed by atoms with Crippen LogP contribution in [0, 0.1) is 0 Å². The molecule has 5 N–H and O–H groups in total. The third-order valence-corrected chi connectivity index (χ3v) is 5.25. The molecule has 8 heteroatoms. The van der Waals surface area contributed by atoms with Crippen molar-refractivity contribution in [2.45, 2.75) is 12.8 Å². The minimum absolute atomic E-state index is 0.0456. The molecule has 0 fully saturated rings. The molecule has 0 aliphatic rings. The number of amides is 1. The fourth-order valence-electron chi connectivity index (χ4n) is 3.53. The van der Waals surface area contributed by atoms with Crippen molar-refractivity contribution in [3.8, 4) is 0 Å². The zero-order chi connectivity index (χ0) is 23.9. The van der Waals surface area contributed by atoms with Gasteiger partial charge in [0.05, 0.1) is 5.92 Å². The molecule has 0 aliphatic carbocycles. The Hall–Kier alpha value is -4.72. The Kier molecular flexibility index (Phi) is 6.78. The standard InChI is InChI=1S/C26H24N6O2/c1-17(33)20-13-8-14-21(15-20)30-24-23(27)25(29-16-28-24)31-32-26(34)22(18-9-4-2-5-10-18)19-11-6-3-7-12-19/h2-16,22H,27H2,1H3,(H,32,34)(H2,28,29,30,31). The van der Waals surface area contributed by atoms with Crippen molar-refractivity contribution in [2.75, 3.05) is 16.5 Å². The van der Waals surface area contributed by atoms with Crippen LogP contribution >= 0.6 is 0 Å². The van der Waals surface area contributed by atoms with Crippen molar-refractivity contribution in [3.05, 3.63) is 108 Å². The maximum Gasteiger partial charge on any atom is 0.250 e. The first-order valence-corrected chi connectivity index (χ1v) is 10.7. The lowest BCUT2D eigenvalue weighted by molar-refractivity contribution is -0.121. The van der Waals surface area contributed by atoms with Crippen LogP contribution in [-0.2, 0) is 4.79 Å². The lowest BCUT2D eigenvalue weighted by Crippen LogP contribution is -2.35. The number of ketones is 1. The third kappa shape index (κ3) is 5.18. The molecule has 0 unspecified atom stereocenters. The van der Waals surface area contributed by atoms with Crippen LogP contribution in [0.4, 0.5) is 23.0 Å². The van der Waals surface area contributed by atoms with E-state index in [0.717, 1.165) is 11.1 Å². The number of hydrogen-bond donors (Lipinski definition) is 4. The van der Waals surface area contributed by atoms with Gasteiger partial charge in [-0.25, -0.2) is 9.97 Å². The van der Waals surface area contributed by atoms with E-state index in [-0.39, 0.29) is 23.2 Å². The Labute approximate surface area is 197 Å².